The highest BCUT2D eigenvalue weighted by molar-refractivity contribution is 5.96. The first-order chi connectivity index (χ1) is 12.4. The first-order valence-electron chi connectivity index (χ1n) is 7.90. The number of rotatable bonds is 5. The Morgan fingerprint density at radius 3 is 2.62 bits per heavy atom. The van der Waals surface area contributed by atoms with E-state index in [-0.39, 0.29) is 11.4 Å². The maximum Gasteiger partial charge on any atom is 0.387 e. The van der Waals surface area contributed by atoms with E-state index >= 15 is 0 Å². The van der Waals surface area contributed by atoms with Crippen LogP contribution in [0.4, 0.5) is 8.78 Å². The number of halogens is 2. The Labute approximate surface area is 147 Å². The largest absolute Gasteiger partial charge is 0.480 e. The molecule has 0 spiro atoms. The van der Waals surface area contributed by atoms with Crippen molar-refractivity contribution in [2.75, 3.05) is 6.54 Å². The lowest BCUT2D eigenvalue weighted by atomic mass is 10.2. The minimum Gasteiger partial charge on any atom is -0.480 e. The van der Waals surface area contributed by atoms with Crippen LogP contribution in [-0.2, 0) is 4.79 Å². The number of carboxylic acids is 1. The summed E-state index contributed by atoms with van der Waals surface area (Å²) in [5.41, 5.74) is 0.992. The zero-order valence-corrected chi connectivity index (χ0v) is 13.8. The molecule has 138 valence electrons. The molecule has 0 saturated carbocycles. The maximum atomic E-state index is 12.6. The number of alkyl halides is 2. The smallest absolute Gasteiger partial charge is 0.387 e. The van der Waals surface area contributed by atoms with Gasteiger partial charge in [0.1, 0.15) is 11.8 Å². The number of hydrogen-bond acceptors (Lipinski definition) is 5. The summed E-state index contributed by atoms with van der Waals surface area (Å²) >= 11 is 0. The molecule has 2 aromatic rings. The minimum atomic E-state index is -2.92. The van der Waals surface area contributed by atoms with Gasteiger partial charge in [-0.25, -0.2) is 9.48 Å². The Morgan fingerprint density at radius 1 is 1.31 bits per heavy atom. The first-order valence-corrected chi connectivity index (χ1v) is 7.90. The number of hydrogen-bond donors (Lipinski definition) is 1. The minimum absolute atomic E-state index is 0.000755. The van der Waals surface area contributed by atoms with Crippen molar-refractivity contribution in [3.8, 4) is 11.4 Å². The Kier molecular flexibility index (Phi) is 4.83. The average Bonchev–Trinajstić information content (AvgIpc) is 3.21. The van der Waals surface area contributed by atoms with E-state index in [1.807, 2.05) is 0 Å². The Balaban J connectivity index is 1.83. The van der Waals surface area contributed by atoms with Crippen LogP contribution in [0.5, 0.6) is 5.75 Å². The topological polar surface area (TPSA) is 97.5 Å². The summed E-state index contributed by atoms with van der Waals surface area (Å²) in [6.07, 6.45) is 1.02. The van der Waals surface area contributed by atoms with Crippen LogP contribution in [0, 0.1) is 6.92 Å². The van der Waals surface area contributed by atoms with Gasteiger partial charge in [0.2, 0.25) is 0 Å². The van der Waals surface area contributed by atoms with Crippen LogP contribution in [0.25, 0.3) is 5.69 Å². The van der Waals surface area contributed by atoms with Gasteiger partial charge in [-0.2, -0.15) is 8.78 Å². The van der Waals surface area contributed by atoms with Gasteiger partial charge in [-0.3, -0.25) is 4.79 Å². The zero-order chi connectivity index (χ0) is 18.8. The molecule has 0 bridgehead atoms. The molecule has 10 heteroatoms. The van der Waals surface area contributed by atoms with Gasteiger partial charge in [-0.05, 0) is 44.0 Å². The highest BCUT2D eigenvalue weighted by Gasteiger charge is 2.36. The zero-order valence-electron chi connectivity index (χ0n) is 13.8. The van der Waals surface area contributed by atoms with Gasteiger partial charge in [0.25, 0.3) is 5.91 Å². The molecule has 2 heterocycles. The van der Waals surface area contributed by atoms with Crippen LogP contribution >= 0.6 is 0 Å². The van der Waals surface area contributed by atoms with Crippen molar-refractivity contribution in [2.45, 2.75) is 32.4 Å². The van der Waals surface area contributed by atoms with Crippen molar-refractivity contribution >= 4 is 11.9 Å². The molecule has 1 aliphatic rings. The van der Waals surface area contributed by atoms with Gasteiger partial charge >= 0.3 is 12.6 Å². The van der Waals surface area contributed by atoms with Crippen molar-refractivity contribution in [2.24, 2.45) is 0 Å². The lowest BCUT2D eigenvalue weighted by Gasteiger charge is -2.20. The molecule has 1 amide bonds. The van der Waals surface area contributed by atoms with Gasteiger partial charge in [-0.1, -0.05) is 5.21 Å². The second-order valence-electron chi connectivity index (χ2n) is 5.80. The number of ether oxygens (including phenoxy) is 1. The number of amides is 1. The number of benzene rings is 1. The SMILES string of the molecule is Cc1c(C(=O)N2CCC[C@H]2C(=O)O)nnn1-c1ccc(OC(F)F)cc1. The Morgan fingerprint density at radius 2 is 2.00 bits per heavy atom. The highest BCUT2D eigenvalue weighted by atomic mass is 19.3. The Hall–Kier alpha value is -3.04. The highest BCUT2D eigenvalue weighted by Crippen LogP contribution is 2.23. The molecule has 1 fully saturated rings. The molecular weight excluding hydrogens is 350 g/mol. The average molecular weight is 366 g/mol. The number of nitrogens with zero attached hydrogens (tertiary/aromatic N) is 4. The molecule has 1 aliphatic heterocycles. The molecule has 1 aromatic heterocycles. The molecule has 26 heavy (non-hydrogen) atoms. The predicted octanol–water partition coefficient (Wildman–Crippen LogP) is 1.87. The number of carboxylic acid groups (broad SMARTS) is 1. The second kappa shape index (κ2) is 7.06. The fraction of sp³-hybridized carbons (Fsp3) is 0.375. The predicted molar refractivity (Wildman–Crippen MR) is 84.4 cm³/mol. The van der Waals surface area contributed by atoms with Crippen LogP contribution < -0.4 is 4.74 Å². The van der Waals surface area contributed by atoms with E-state index in [1.54, 1.807) is 6.92 Å². The van der Waals surface area contributed by atoms with Crippen LogP contribution in [0.2, 0.25) is 0 Å². The lowest BCUT2D eigenvalue weighted by Crippen LogP contribution is -2.40. The van der Waals surface area contributed by atoms with E-state index in [9.17, 15) is 23.5 Å². The molecule has 1 atom stereocenters. The molecular formula is C16H16F2N4O4. The van der Waals surface area contributed by atoms with Crippen molar-refractivity contribution in [3.63, 3.8) is 0 Å². The van der Waals surface area contributed by atoms with Crippen molar-refractivity contribution in [3.05, 3.63) is 35.7 Å². The maximum absolute atomic E-state index is 12.6. The van der Waals surface area contributed by atoms with Gasteiger partial charge in [-0.15, -0.1) is 5.10 Å². The summed E-state index contributed by atoms with van der Waals surface area (Å²) in [6.45, 7) is -0.939. The molecule has 1 aromatic carbocycles. The summed E-state index contributed by atoms with van der Waals surface area (Å²) < 4.78 is 30.1. The lowest BCUT2D eigenvalue weighted by molar-refractivity contribution is -0.141. The molecule has 1 saturated heterocycles. The summed E-state index contributed by atoms with van der Waals surface area (Å²) in [5, 5.41) is 17.0. The quantitative estimate of drug-likeness (QED) is 0.868. The Bertz CT molecular complexity index is 822. The summed E-state index contributed by atoms with van der Waals surface area (Å²) in [4.78, 5) is 25.2. The monoisotopic (exact) mass is 366 g/mol. The van der Waals surface area contributed by atoms with E-state index in [0.29, 0.717) is 30.8 Å². The van der Waals surface area contributed by atoms with E-state index in [4.69, 9.17) is 0 Å². The fourth-order valence-electron chi connectivity index (χ4n) is 2.94. The fourth-order valence-corrected chi connectivity index (χ4v) is 2.94. The van der Waals surface area contributed by atoms with E-state index in [0.717, 1.165) is 0 Å². The normalized spacial score (nSPS) is 16.9. The molecule has 3 rings (SSSR count). The molecule has 0 radical (unpaired) electrons. The number of likely N-dealkylation sites (tertiary alicyclic amines) is 1. The summed E-state index contributed by atoms with van der Waals surface area (Å²) in [5.74, 6) is -1.54. The summed E-state index contributed by atoms with van der Waals surface area (Å²) in [6, 6.07) is 4.85. The third kappa shape index (κ3) is 3.35. The van der Waals surface area contributed by atoms with Crippen LogP contribution in [0.1, 0.15) is 29.0 Å². The van der Waals surface area contributed by atoms with Crippen LogP contribution in [0.15, 0.2) is 24.3 Å². The van der Waals surface area contributed by atoms with E-state index in [1.165, 1.54) is 33.8 Å². The van der Waals surface area contributed by atoms with Crippen LogP contribution in [-0.4, -0.2) is 56.1 Å². The second-order valence-corrected chi connectivity index (χ2v) is 5.80. The molecule has 0 unspecified atom stereocenters. The number of carbonyl (C=O) groups excluding carboxylic acids is 1. The number of aliphatic carboxylic acids is 1. The van der Waals surface area contributed by atoms with E-state index in [2.05, 4.69) is 15.0 Å². The third-order valence-corrected chi connectivity index (χ3v) is 4.20. The van der Waals surface area contributed by atoms with Crippen molar-refractivity contribution in [1.29, 1.82) is 0 Å². The van der Waals surface area contributed by atoms with Gasteiger partial charge in [0.05, 0.1) is 11.4 Å². The standard InChI is InChI=1S/C16H16F2N4O4/c1-9-13(14(23)21-8-2-3-12(21)15(24)25)19-20-22(9)10-4-6-11(7-5-10)26-16(17)18/h4-7,12,16H,2-3,8H2,1H3,(H,24,25)/t12-/m0/s1. The van der Waals surface area contributed by atoms with Crippen LogP contribution in [0.3, 0.4) is 0 Å². The molecule has 8 nitrogen and oxygen atoms in total. The van der Waals surface area contributed by atoms with Gasteiger partial charge in [0, 0.05) is 6.54 Å². The first kappa shape index (κ1) is 17.8. The number of carbonyl (C=O) groups is 2. The molecule has 1 N–H and O–H groups in total. The van der Waals surface area contributed by atoms with Crippen molar-refractivity contribution in [1.82, 2.24) is 19.9 Å². The third-order valence-electron chi connectivity index (χ3n) is 4.20. The summed E-state index contributed by atoms with van der Waals surface area (Å²) in [7, 11) is 0. The van der Waals surface area contributed by atoms with Gasteiger partial charge in [0.15, 0.2) is 5.69 Å². The number of aromatic nitrogens is 3. The molecule has 0 aliphatic carbocycles. The van der Waals surface area contributed by atoms with Crippen molar-refractivity contribution < 1.29 is 28.2 Å². The van der Waals surface area contributed by atoms with E-state index < -0.39 is 24.5 Å². The van der Waals surface area contributed by atoms with Gasteiger partial charge < -0.3 is 14.7 Å².